The van der Waals surface area contributed by atoms with E-state index in [1.165, 1.54) is 12.1 Å². The molecular weight excluding hydrogens is 299 g/mol. The van der Waals surface area contributed by atoms with Crippen LogP contribution < -0.4 is 11.1 Å². The summed E-state index contributed by atoms with van der Waals surface area (Å²) in [6.07, 6.45) is 0. The molecule has 0 amide bonds. The summed E-state index contributed by atoms with van der Waals surface area (Å²) in [5.74, 6) is -4.15. The zero-order valence-electron chi connectivity index (χ0n) is 11.9. The fraction of sp³-hybridized carbons (Fsp3) is 0.500. The van der Waals surface area contributed by atoms with Gasteiger partial charge >= 0.3 is 5.92 Å². The standard InChI is InChI=1S/C14H16F3N3O2/c1-13(14(16,17)7-22-12(18)20-13)10-4-8(2-3-11(10)15)19-9-5-21-6-9/h2-4,9,19H,5-7H2,1H3,(H2,18,20)/t13-/m1/s1. The predicted molar refractivity (Wildman–Crippen MR) is 74.5 cm³/mol. The van der Waals surface area contributed by atoms with Gasteiger partial charge in [0.15, 0.2) is 12.1 Å². The van der Waals surface area contributed by atoms with Crippen molar-refractivity contribution in [3.8, 4) is 0 Å². The predicted octanol–water partition coefficient (Wildman–Crippen LogP) is 1.83. The van der Waals surface area contributed by atoms with Crippen LogP contribution in [0.4, 0.5) is 18.9 Å². The lowest BCUT2D eigenvalue weighted by Crippen LogP contribution is -2.51. The van der Waals surface area contributed by atoms with Crippen LogP contribution >= 0.6 is 0 Å². The molecule has 120 valence electrons. The Hall–Kier alpha value is -1.96. The summed E-state index contributed by atoms with van der Waals surface area (Å²) in [5.41, 5.74) is 3.59. The van der Waals surface area contributed by atoms with Gasteiger partial charge in [0.25, 0.3) is 6.02 Å². The number of nitrogens with one attached hydrogen (secondary N) is 1. The van der Waals surface area contributed by atoms with Crippen LogP contribution in [0.3, 0.4) is 0 Å². The molecule has 1 aromatic rings. The number of hydrogen-bond acceptors (Lipinski definition) is 5. The van der Waals surface area contributed by atoms with Gasteiger partial charge in [0.1, 0.15) is 5.82 Å². The van der Waals surface area contributed by atoms with Crippen molar-refractivity contribution in [3.63, 3.8) is 0 Å². The maximum atomic E-state index is 14.3. The molecule has 1 fully saturated rings. The number of nitrogens with zero attached hydrogens (tertiary/aromatic N) is 1. The zero-order valence-corrected chi connectivity index (χ0v) is 11.9. The third-order valence-corrected chi connectivity index (χ3v) is 3.95. The average Bonchev–Trinajstić information content (AvgIpc) is 2.40. The first kappa shape index (κ1) is 15.0. The summed E-state index contributed by atoms with van der Waals surface area (Å²) < 4.78 is 52.3. The van der Waals surface area contributed by atoms with E-state index in [2.05, 4.69) is 15.0 Å². The number of aliphatic imine (C=N–C) groups is 1. The van der Waals surface area contributed by atoms with Gasteiger partial charge in [-0.1, -0.05) is 0 Å². The second-order valence-electron chi connectivity index (χ2n) is 5.59. The van der Waals surface area contributed by atoms with Crippen molar-refractivity contribution in [2.24, 2.45) is 10.7 Å². The van der Waals surface area contributed by atoms with Crippen molar-refractivity contribution in [2.45, 2.75) is 24.4 Å². The van der Waals surface area contributed by atoms with Crippen molar-refractivity contribution >= 4 is 11.7 Å². The van der Waals surface area contributed by atoms with Gasteiger partial charge < -0.3 is 20.5 Å². The van der Waals surface area contributed by atoms with E-state index in [1.807, 2.05) is 0 Å². The van der Waals surface area contributed by atoms with E-state index < -0.39 is 23.9 Å². The monoisotopic (exact) mass is 315 g/mol. The van der Waals surface area contributed by atoms with Crippen molar-refractivity contribution in [1.82, 2.24) is 0 Å². The highest BCUT2D eigenvalue weighted by molar-refractivity contribution is 5.73. The third-order valence-electron chi connectivity index (χ3n) is 3.95. The van der Waals surface area contributed by atoms with Crippen LogP contribution in [0.1, 0.15) is 12.5 Å². The van der Waals surface area contributed by atoms with Gasteiger partial charge in [-0.05, 0) is 25.1 Å². The van der Waals surface area contributed by atoms with Gasteiger partial charge in [0.2, 0.25) is 0 Å². The molecular formula is C14H16F3N3O2. The highest BCUT2D eigenvalue weighted by atomic mass is 19.3. The zero-order chi connectivity index (χ0) is 16.0. The number of rotatable bonds is 3. The first-order chi connectivity index (χ1) is 10.3. The van der Waals surface area contributed by atoms with E-state index in [1.54, 1.807) is 0 Å². The maximum Gasteiger partial charge on any atom is 0.310 e. The summed E-state index contributed by atoms with van der Waals surface area (Å²) >= 11 is 0. The number of ether oxygens (including phenoxy) is 2. The van der Waals surface area contributed by atoms with Gasteiger partial charge in [-0.25, -0.2) is 9.38 Å². The lowest BCUT2D eigenvalue weighted by atomic mass is 9.85. The number of benzene rings is 1. The van der Waals surface area contributed by atoms with E-state index in [-0.39, 0.29) is 17.6 Å². The van der Waals surface area contributed by atoms with Crippen molar-refractivity contribution in [1.29, 1.82) is 0 Å². The number of alkyl halides is 2. The fourth-order valence-corrected chi connectivity index (χ4v) is 2.44. The van der Waals surface area contributed by atoms with E-state index in [4.69, 9.17) is 10.5 Å². The fourth-order valence-electron chi connectivity index (χ4n) is 2.44. The van der Waals surface area contributed by atoms with Gasteiger partial charge in [0.05, 0.1) is 19.3 Å². The Morgan fingerprint density at radius 1 is 1.36 bits per heavy atom. The minimum Gasteiger partial charge on any atom is -0.459 e. The molecule has 2 aliphatic rings. The minimum absolute atomic E-state index is 0.0925. The van der Waals surface area contributed by atoms with Gasteiger partial charge in [-0.2, -0.15) is 8.78 Å². The van der Waals surface area contributed by atoms with Crippen LogP contribution in [-0.4, -0.2) is 37.8 Å². The molecule has 2 aliphatic heterocycles. The Balaban J connectivity index is 2.01. The van der Waals surface area contributed by atoms with E-state index >= 15 is 0 Å². The molecule has 1 atom stereocenters. The van der Waals surface area contributed by atoms with Gasteiger partial charge in [0, 0.05) is 11.3 Å². The molecule has 1 saturated heterocycles. The molecule has 3 rings (SSSR count). The van der Waals surface area contributed by atoms with Crippen molar-refractivity contribution in [3.05, 3.63) is 29.6 Å². The second-order valence-corrected chi connectivity index (χ2v) is 5.59. The van der Waals surface area contributed by atoms with Crippen LogP contribution in [-0.2, 0) is 15.0 Å². The summed E-state index contributed by atoms with van der Waals surface area (Å²) in [7, 11) is 0. The number of nitrogens with two attached hydrogens (primary N) is 1. The molecule has 0 aromatic heterocycles. The first-order valence-corrected chi connectivity index (χ1v) is 6.82. The molecule has 5 nitrogen and oxygen atoms in total. The lowest BCUT2D eigenvalue weighted by molar-refractivity contribution is -0.117. The molecule has 0 spiro atoms. The SMILES string of the molecule is C[C@]1(c2cc(NC3COC3)ccc2F)N=C(N)OCC1(F)F. The molecule has 0 radical (unpaired) electrons. The molecule has 0 aliphatic carbocycles. The Kier molecular flexibility index (Phi) is 3.43. The smallest absolute Gasteiger partial charge is 0.310 e. The number of anilines is 1. The summed E-state index contributed by atoms with van der Waals surface area (Å²) in [5, 5.41) is 3.09. The normalized spacial score (nSPS) is 27.5. The highest BCUT2D eigenvalue weighted by Gasteiger charge is 2.56. The molecule has 0 saturated carbocycles. The molecule has 0 unspecified atom stereocenters. The molecule has 22 heavy (non-hydrogen) atoms. The minimum atomic E-state index is -3.38. The topological polar surface area (TPSA) is 68.9 Å². The van der Waals surface area contributed by atoms with E-state index in [0.29, 0.717) is 18.9 Å². The highest BCUT2D eigenvalue weighted by Crippen LogP contribution is 2.44. The van der Waals surface area contributed by atoms with E-state index in [0.717, 1.165) is 13.0 Å². The third kappa shape index (κ3) is 2.37. The molecule has 2 heterocycles. The Morgan fingerprint density at radius 3 is 2.73 bits per heavy atom. The van der Waals surface area contributed by atoms with Crippen LogP contribution in [0.5, 0.6) is 0 Å². The summed E-state index contributed by atoms with van der Waals surface area (Å²) in [6, 6.07) is 3.68. The lowest BCUT2D eigenvalue weighted by Gasteiger charge is -2.37. The van der Waals surface area contributed by atoms with Crippen LogP contribution in [0.2, 0.25) is 0 Å². The molecule has 3 N–H and O–H groups in total. The Labute approximate surface area is 125 Å². The molecule has 8 heteroatoms. The number of amidine groups is 1. The Morgan fingerprint density at radius 2 is 2.09 bits per heavy atom. The largest absolute Gasteiger partial charge is 0.459 e. The molecule has 1 aromatic carbocycles. The molecule has 0 bridgehead atoms. The first-order valence-electron chi connectivity index (χ1n) is 6.82. The Bertz CT molecular complexity index is 619. The number of halogens is 3. The quantitative estimate of drug-likeness (QED) is 0.893. The van der Waals surface area contributed by atoms with E-state index in [9.17, 15) is 13.2 Å². The average molecular weight is 315 g/mol. The van der Waals surface area contributed by atoms with Crippen molar-refractivity contribution < 1.29 is 22.6 Å². The van der Waals surface area contributed by atoms with Crippen molar-refractivity contribution in [2.75, 3.05) is 25.1 Å². The van der Waals surface area contributed by atoms with Gasteiger partial charge in [-0.15, -0.1) is 0 Å². The summed E-state index contributed by atoms with van der Waals surface area (Å²) in [6.45, 7) is 1.27. The van der Waals surface area contributed by atoms with Gasteiger partial charge in [-0.3, -0.25) is 0 Å². The van der Waals surface area contributed by atoms with Crippen LogP contribution in [0, 0.1) is 5.82 Å². The second kappa shape index (κ2) is 5.05. The summed E-state index contributed by atoms with van der Waals surface area (Å²) in [4.78, 5) is 3.68. The van der Waals surface area contributed by atoms with Crippen LogP contribution in [0.15, 0.2) is 23.2 Å². The van der Waals surface area contributed by atoms with Crippen LogP contribution in [0.25, 0.3) is 0 Å². The number of hydrogen-bond donors (Lipinski definition) is 2. The maximum absolute atomic E-state index is 14.3.